The molecule has 0 bridgehead atoms. The van der Waals surface area contributed by atoms with Crippen LogP contribution in [-0.4, -0.2) is 26.2 Å². The number of hydrogen-bond donors (Lipinski definition) is 0. The molecule has 0 aromatic carbocycles. The molecule has 0 atom stereocenters. The van der Waals surface area contributed by atoms with Crippen LogP contribution in [0.4, 0.5) is 0 Å². The average Bonchev–Trinajstić information content (AvgIpc) is 2.81. The Labute approximate surface area is 109 Å². The number of aryl methyl sites for hydroxylation is 1. The number of rotatable bonds is 4. The van der Waals surface area contributed by atoms with E-state index < -0.39 is 0 Å². The summed E-state index contributed by atoms with van der Waals surface area (Å²) in [5.74, 6) is 0.833. The van der Waals surface area contributed by atoms with E-state index in [1.165, 1.54) is 18.0 Å². The molecule has 2 heterocycles. The van der Waals surface area contributed by atoms with Gasteiger partial charge in [0.15, 0.2) is 5.15 Å². The van der Waals surface area contributed by atoms with Crippen molar-refractivity contribution >= 4 is 11.6 Å². The normalized spacial score (nSPS) is 10.6. The molecule has 0 fully saturated rings. The first-order valence-corrected chi connectivity index (χ1v) is 5.84. The van der Waals surface area contributed by atoms with Crippen molar-refractivity contribution in [2.75, 3.05) is 7.11 Å². The maximum absolute atomic E-state index is 12.0. The van der Waals surface area contributed by atoms with E-state index in [1.807, 2.05) is 17.7 Å². The third kappa shape index (κ3) is 2.24. The van der Waals surface area contributed by atoms with Crippen LogP contribution >= 0.6 is 11.6 Å². The zero-order chi connectivity index (χ0) is 13.1. The van der Waals surface area contributed by atoms with Crippen molar-refractivity contribution in [1.82, 2.24) is 19.1 Å². The number of ether oxygens (including phenoxy) is 1. The number of halogens is 1. The lowest BCUT2D eigenvalue weighted by Gasteiger charge is -2.09. The van der Waals surface area contributed by atoms with E-state index >= 15 is 0 Å². The Bertz CT molecular complexity index is 605. The van der Waals surface area contributed by atoms with Crippen LogP contribution in [0.3, 0.4) is 0 Å². The predicted molar refractivity (Wildman–Crippen MR) is 67.1 cm³/mol. The molecule has 2 aromatic rings. The van der Waals surface area contributed by atoms with Crippen LogP contribution < -0.4 is 10.3 Å². The largest absolute Gasteiger partial charge is 0.489 e. The number of nitrogens with zero attached hydrogens (tertiary/aromatic N) is 4. The molecular weight excluding hydrogens is 256 g/mol. The summed E-state index contributed by atoms with van der Waals surface area (Å²) in [5.41, 5.74) is -0.317. The molecule has 0 unspecified atom stereocenters. The fraction of sp³-hybridized carbons (Fsp3) is 0.364. The smallest absolute Gasteiger partial charge is 0.297 e. The van der Waals surface area contributed by atoms with Gasteiger partial charge in [0.2, 0.25) is 5.75 Å². The van der Waals surface area contributed by atoms with Gasteiger partial charge in [0.05, 0.1) is 20.0 Å². The summed E-state index contributed by atoms with van der Waals surface area (Å²) < 4.78 is 8.30. The van der Waals surface area contributed by atoms with Gasteiger partial charge < -0.3 is 9.30 Å². The summed E-state index contributed by atoms with van der Waals surface area (Å²) in [4.78, 5) is 20.1. The second kappa shape index (κ2) is 5.22. The molecule has 7 heteroatoms. The molecule has 6 nitrogen and oxygen atoms in total. The van der Waals surface area contributed by atoms with Gasteiger partial charge >= 0.3 is 0 Å². The lowest BCUT2D eigenvalue weighted by molar-refractivity contribution is 0.400. The molecule has 0 saturated heterocycles. The van der Waals surface area contributed by atoms with Crippen molar-refractivity contribution in [2.45, 2.75) is 20.0 Å². The Kier molecular flexibility index (Phi) is 3.66. The monoisotopic (exact) mass is 268 g/mol. The molecule has 0 radical (unpaired) electrons. The van der Waals surface area contributed by atoms with Gasteiger partial charge in [-0.25, -0.2) is 9.97 Å². The Morgan fingerprint density at radius 1 is 1.39 bits per heavy atom. The van der Waals surface area contributed by atoms with E-state index in [9.17, 15) is 4.79 Å². The lowest BCUT2D eigenvalue weighted by Crippen LogP contribution is -2.24. The van der Waals surface area contributed by atoms with Gasteiger partial charge in [-0.15, -0.1) is 0 Å². The lowest BCUT2D eigenvalue weighted by atomic mass is 10.5. The molecule has 0 spiro atoms. The topological polar surface area (TPSA) is 61.9 Å². The van der Waals surface area contributed by atoms with Crippen LogP contribution in [0.5, 0.6) is 5.75 Å². The summed E-state index contributed by atoms with van der Waals surface area (Å²) >= 11 is 5.77. The molecule has 18 heavy (non-hydrogen) atoms. The Morgan fingerprint density at radius 3 is 2.83 bits per heavy atom. The van der Waals surface area contributed by atoms with E-state index in [2.05, 4.69) is 9.97 Å². The van der Waals surface area contributed by atoms with Crippen LogP contribution in [0.2, 0.25) is 5.15 Å². The molecule has 96 valence electrons. The summed E-state index contributed by atoms with van der Waals surface area (Å²) in [7, 11) is 1.39. The highest BCUT2D eigenvalue weighted by Gasteiger charge is 2.12. The zero-order valence-corrected chi connectivity index (χ0v) is 10.9. The fourth-order valence-corrected chi connectivity index (χ4v) is 1.87. The third-order valence-corrected chi connectivity index (χ3v) is 2.88. The Balaban J connectivity index is 2.39. The highest BCUT2D eigenvalue weighted by Crippen LogP contribution is 2.15. The van der Waals surface area contributed by atoms with Gasteiger partial charge in [-0.1, -0.05) is 11.6 Å². The van der Waals surface area contributed by atoms with Crippen LogP contribution in [0.15, 0.2) is 23.5 Å². The van der Waals surface area contributed by atoms with Crippen molar-refractivity contribution in [2.24, 2.45) is 0 Å². The van der Waals surface area contributed by atoms with E-state index in [0.29, 0.717) is 6.54 Å². The van der Waals surface area contributed by atoms with Crippen LogP contribution in [0, 0.1) is 0 Å². The molecule has 0 N–H and O–H groups in total. The number of methoxy groups -OCH3 is 1. The SMILES string of the molecule is CCn1ccnc1Cn1cnc(Cl)c(OC)c1=O. The predicted octanol–water partition coefficient (Wildman–Crippen LogP) is 1.17. The maximum atomic E-state index is 12.0. The minimum absolute atomic E-state index is 0.0498. The third-order valence-electron chi connectivity index (χ3n) is 2.61. The first-order chi connectivity index (χ1) is 8.67. The Hall–Kier alpha value is -1.82. The second-order valence-electron chi connectivity index (χ2n) is 3.63. The minimum atomic E-state index is -0.317. The standard InChI is InChI=1S/C11H13ClN4O2/c1-3-15-5-4-13-8(15)6-16-7-14-10(12)9(18-2)11(16)17/h4-5,7H,3,6H2,1-2H3. The molecule has 0 aliphatic rings. The first kappa shape index (κ1) is 12.6. The minimum Gasteiger partial charge on any atom is -0.489 e. The quantitative estimate of drug-likeness (QED) is 0.781. The van der Waals surface area contributed by atoms with Crippen molar-refractivity contribution in [3.63, 3.8) is 0 Å². The van der Waals surface area contributed by atoms with E-state index in [-0.39, 0.29) is 16.5 Å². The Morgan fingerprint density at radius 2 is 2.17 bits per heavy atom. The van der Waals surface area contributed by atoms with Crippen molar-refractivity contribution in [3.05, 3.63) is 40.1 Å². The first-order valence-electron chi connectivity index (χ1n) is 5.46. The second-order valence-corrected chi connectivity index (χ2v) is 3.99. The van der Waals surface area contributed by atoms with Gasteiger partial charge in [0.1, 0.15) is 5.82 Å². The summed E-state index contributed by atoms with van der Waals surface area (Å²) in [6.45, 7) is 3.14. The van der Waals surface area contributed by atoms with Crippen LogP contribution in [0.25, 0.3) is 0 Å². The average molecular weight is 269 g/mol. The van der Waals surface area contributed by atoms with Crippen molar-refractivity contribution in [1.29, 1.82) is 0 Å². The summed E-state index contributed by atoms with van der Waals surface area (Å²) in [5, 5.41) is 0.0672. The zero-order valence-electron chi connectivity index (χ0n) is 10.1. The summed E-state index contributed by atoms with van der Waals surface area (Å²) in [6, 6.07) is 0. The van der Waals surface area contributed by atoms with E-state index in [4.69, 9.17) is 16.3 Å². The number of aromatic nitrogens is 4. The highest BCUT2D eigenvalue weighted by molar-refractivity contribution is 6.30. The molecule has 0 amide bonds. The van der Waals surface area contributed by atoms with Crippen LogP contribution in [0.1, 0.15) is 12.7 Å². The fourth-order valence-electron chi connectivity index (χ4n) is 1.67. The van der Waals surface area contributed by atoms with E-state index in [1.54, 1.807) is 6.20 Å². The van der Waals surface area contributed by atoms with E-state index in [0.717, 1.165) is 12.4 Å². The van der Waals surface area contributed by atoms with Gasteiger partial charge in [-0.05, 0) is 6.92 Å². The molecule has 0 saturated carbocycles. The summed E-state index contributed by atoms with van der Waals surface area (Å²) in [6.07, 6.45) is 4.95. The van der Waals surface area contributed by atoms with Gasteiger partial charge in [0, 0.05) is 18.9 Å². The van der Waals surface area contributed by atoms with Gasteiger partial charge in [-0.2, -0.15) is 0 Å². The van der Waals surface area contributed by atoms with Crippen molar-refractivity contribution in [3.8, 4) is 5.75 Å². The van der Waals surface area contributed by atoms with Crippen LogP contribution in [-0.2, 0) is 13.1 Å². The van der Waals surface area contributed by atoms with Gasteiger partial charge in [-0.3, -0.25) is 9.36 Å². The highest BCUT2D eigenvalue weighted by atomic mass is 35.5. The molecule has 0 aliphatic heterocycles. The molecule has 2 rings (SSSR count). The maximum Gasteiger partial charge on any atom is 0.297 e. The van der Waals surface area contributed by atoms with Crippen molar-refractivity contribution < 1.29 is 4.74 Å². The molecule has 2 aromatic heterocycles. The molecule has 0 aliphatic carbocycles. The number of hydrogen-bond acceptors (Lipinski definition) is 4. The molecular formula is C11H13ClN4O2. The number of imidazole rings is 1. The van der Waals surface area contributed by atoms with Gasteiger partial charge in [0.25, 0.3) is 5.56 Å².